The van der Waals surface area contributed by atoms with E-state index in [4.69, 9.17) is 42.3 Å². The maximum absolute atomic E-state index is 11.2. The molecule has 30 heavy (non-hydrogen) atoms. The van der Waals surface area contributed by atoms with Crippen molar-refractivity contribution < 1.29 is 28.9 Å². The molecule has 0 bridgehead atoms. The lowest BCUT2D eigenvalue weighted by Gasteiger charge is -2.22. The molecule has 162 valence electrons. The van der Waals surface area contributed by atoms with Gasteiger partial charge in [-0.1, -0.05) is 23.2 Å². The maximum atomic E-state index is 11.2. The van der Waals surface area contributed by atoms with Crippen LogP contribution in [0.5, 0.6) is 11.5 Å². The monoisotopic (exact) mass is 480 g/mol. The molecule has 0 fully saturated rings. The molecule has 0 saturated heterocycles. The number of nitrogens with zero attached hydrogens (tertiary/aromatic N) is 2. The molecule has 0 heterocycles. The Bertz CT molecular complexity index is 954. The zero-order chi connectivity index (χ0) is 23.2. The van der Waals surface area contributed by atoms with Crippen LogP contribution in [0.4, 0.5) is 17.1 Å². The van der Waals surface area contributed by atoms with Crippen molar-refractivity contribution in [3.8, 4) is 11.5 Å². The molecule has 0 saturated carbocycles. The summed E-state index contributed by atoms with van der Waals surface area (Å²) in [7, 11) is -2.87. The SMILES string of the molecule is CC(C)(C)Nc1cc(Oc2c(Cl)cc([N+](=O)[O-])cc2Cl)ccc1[N+](=O)[O-].O=[P+](O)O. The Morgan fingerprint density at radius 2 is 1.53 bits per heavy atom. The first-order chi connectivity index (χ1) is 13.7. The summed E-state index contributed by atoms with van der Waals surface area (Å²) in [4.78, 5) is 35.1. The van der Waals surface area contributed by atoms with Gasteiger partial charge in [0.25, 0.3) is 11.4 Å². The van der Waals surface area contributed by atoms with Gasteiger partial charge in [0.1, 0.15) is 11.4 Å². The molecule has 0 aromatic heterocycles. The van der Waals surface area contributed by atoms with E-state index in [9.17, 15) is 20.2 Å². The molecule has 3 N–H and O–H groups in total. The van der Waals surface area contributed by atoms with Crippen LogP contribution in [-0.4, -0.2) is 25.2 Å². The summed E-state index contributed by atoms with van der Waals surface area (Å²) in [6.45, 7) is 5.57. The molecule has 0 aliphatic heterocycles. The number of nitrogens with one attached hydrogen (secondary N) is 1. The zero-order valence-electron chi connectivity index (χ0n) is 15.8. The minimum absolute atomic E-state index is 0.0227. The first-order valence-electron chi connectivity index (χ1n) is 7.94. The molecule has 14 heteroatoms. The first-order valence-corrected chi connectivity index (χ1v) is 9.86. The maximum Gasteiger partial charge on any atom is 0.692 e. The van der Waals surface area contributed by atoms with E-state index in [2.05, 4.69) is 5.32 Å². The molecule has 2 aromatic carbocycles. The Labute approximate surface area is 181 Å². The van der Waals surface area contributed by atoms with Crippen LogP contribution in [0.1, 0.15) is 20.8 Å². The van der Waals surface area contributed by atoms with Crippen LogP contribution in [0.3, 0.4) is 0 Å². The van der Waals surface area contributed by atoms with Gasteiger partial charge in [0.2, 0.25) is 0 Å². The highest BCUT2D eigenvalue weighted by Crippen LogP contribution is 2.41. The van der Waals surface area contributed by atoms with E-state index in [0.717, 1.165) is 12.1 Å². The quantitative estimate of drug-likeness (QED) is 0.286. The lowest BCUT2D eigenvalue weighted by molar-refractivity contribution is -0.384. The van der Waals surface area contributed by atoms with Gasteiger partial charge in [-0.2, -0.15) is 0 Å². The van der Waals surface area contributed by atoms with Crippen LogP contribution in [-0.2, 0) is 4.57 Å². The fourth-order valence-electron chi connectivity index (χ4n) is 2.11. The lowest BCUT2D eigenvalue weighted by Crippen LogP contribution is -2.26. The van der Waals surface area contributed by atoms with Gasteiger partial charge in [-0.15, -0.1) is 9.79 Å². The van der Waals surface area contributed by atoms with E-state index in [-0.39, 0.29) is 38.6 Å². The van der Waals surface area contributed by atoms with Crippen molar-refractivity contribution in [1.29, 1.82) is 0 Å². The third kappa shape index (κ3) is 8.05. The smallest absolute Gasteiger partial charge is 0.454 e. The van der Waals surface area contributed by atoms with Gasteiger partial charge in [0.15, 0.2) is 5.75 Å². The number of ether oxygens (including phenoxy) is 1. The van der Waals surface area contributed by atoms with Crippen LogP contribution in [0.25, 0.3) is 0 Å². The number of hydrogen-bond donors (Lipinski definition) is 3. The molecule has 0 unspecified atom stereocenters. The highest BCUT2D eigenvalue weighted by Gasteiger charge is 2.21. The molecular formula is C16H17Cl2N3O8P+. The highest BCUT2D eigenvalue weighted by molar-refractivity contribution is 7.30. The van der Waals surface area contributed by atoms with E-state index < -0.39 is 23.6 Å². The topological polar surface area (TPSA) is 165 Å². The molecule has 2 rings (SSSR count). The molecule has 0 aliphatic rings. The Hall–Kier alpha value is -2.56. The third-order valence-electron chi connectivity index (χ3n) is 3.09. The second-order valence-corrected chi connectivity index (χ2v) is 7.98. The Morgan fingerprint density at radius 1 is 1.03 bits per heavy atom. The van der Waals surface area contributed by atoms with Gasteiger partial charge >= 0.3 is 8.25 Å². The average Bonchev–Trinajstić information content (AvgIpc) is 2.55. The van der Waals surface area contributed by atoms with Gasteiger partial charge in [-0.05, 0) is 26.8 Å². The van der Waals surface area contributed by atoms with Crippen LogP contribution >= 0.6 is 31.5 Å². The number of rotatable bonds is 5. The summed E-state index contributed by atoms with van der Waals surface area (Å²) in [5.41, 5.74) is -0.556. The first kappa shape index (κ1) is 25.5. The fraction of sp³-hybridized carbons (Fsp3) is 0.250. The number of halogens is 2. The van der Waals surface area contributed by atoms with Gasteiger partial charge in [-0.3, -0.25) is 20.2 Å². The minimum atomic E-state index is -2.87. The Kier molecular flexibility index (Phi) is 8.89. The minimum Gasteiger partial charge on any atom is -0.454 e. The van der Waals surface area contributed by atoms with Crippen molar-refractivity contribution in [1.82, 2.24) is 0 Å². The second kappa shape index (κ2) is 10.5. The molecule has 0 aliphatic carbocycles. The Morgan fingerprint density at radius 3 is 1.93 bits per heavy atom. The van der Waals surface area contributed by atoms with E-state index in [0.29, 0.717) is 0 Å². The van der Waals surface area contributed by atoms with Crippen molar-refractivity contribution >= 4 is 48.5 Å². The third-order valence-corrected chi connectivity index (χ3v) is 3.65. The van der Waals surface area contributed by atoms with Crippen molar-refractivity contribution in [2.24, 2.45) is 0 Å². The average molecular weight is 481 g/mol. The molecule has 0 radical (unpaired) electrons. The molecular weight excluding hydrogens is 464 g/mol. The van der Waals surface area contributed by atoms with Crippen molar-refractivity contribution in [3.63, 3.8) is 0 Å². The molecule has 0 amide bonds. The number of benzene rings is 2. The van der Waals surface area contributed by atoms with E-state index in [1.807, 2.05) is 20.8 Å². The molecule has 0 atom stereocenters. The summed E-state index contributed by atoms with van der Waals surface area (Å²) < 4.78 is 14.3. The standard InChI is InChI=1S/C16H15Cl2N3O5.HO3P/c1-16(2,3)19-13-8-10(4-5-14(13)21(24)25)26-15-11(17)6-9(20(22)23)7-12(15)18;1-4(2)3/h4-8,19H,1-3H3;(H-,1,2,3)/p+1. The number of anilines is 1. The predicted octanol–water partition coefficient (Wildman–Crippen LogP) is 5.44. The van der Waals surface area contributed by atoms with Gasteiger partial charge < -0.3 is 10.1 Å². The van der Waals surface area contributed by atoms with Gasteiger partial charge in [-0.25, -0.2) is 0 Å². The number of hydrogen-bond acceptors (Lipinski definition) is 7. The summed E-state index contributed by atoms with van der Waals surface area (Å²) in [6, 6.07) is 6.35. The van der Waals surface area contributed by atoms with Gasteiger partial charge in [0.05, 0.1) is 19.9 Å². The van der Waals surface area contributed by atoms with Crippen LogP contribution in [0, 0.1) is 20.2 Å². The predicted molar refractivity (Wildman–Crippen MR) is 112 cm³/mol. The number of non-ortho nitro benzene ring substituents is 1. The van der Waals surface area contributed by atoms with Crippen molar-refractivity contribution in [2.45, 2.75) is 26.3 Å². The van der Waals surface area contributed by atoms with Gasteiger partial charge in [0, 0.05) is 34.4 Å². The van der Waals surface area contributed by atoms with Crippen molar-refractivity contribution in [2.75, 3.05) is 5.32 Å². The lowest BCUT2D eigenvalue weighted by atomic mass is 10.1. The molecule has 2 aromatic rings. The van der Waals surface area contributed by atoms with Crippen LogP contribution < -0.4 is 10.1 Å². The summed E-state index contributed by atoms with van der Waals surface area (Å²) in [6.07, 6.45) is 0. The van der Waals surface area contributed by atoms with Crippen molar-refractivity contribution in [3.05, 3.63) is 60.6 Å². The Balaban J connectivity index is 0.00000103. The largest absolute Gasteiger partial charge is 0.692 e. The van der Waals surface area contributed by atoms with E-state index in [1.165, 1.54) is 18.2 Å². The van der Waals surface area contributed by atoms with Crippen LogP contribution in [0.2, 0.25) is 10.0 Å². The van der Waals surface area contributed by atoms with Crippen LogP contribution in [0.15, 0.2) is 30.3 Å². The second-order valence-electron chi connectivity index (χ2n) is 6.66. The zero-order valence-corrected chi connectivity index (χ0v) is 18.2. The fourth-order valence-corrected chi connectivity index (χ4v) is 2.66. The number of nitro groups is 2. The summed E-state index contributed by atoms with van der Waals surface area (Å²) in [5.74, 6) is 0.259. The summed E-state index contributed by atoms with van der Waals surface area (Å²) >= 11 is 12.0. The number of nitro benzene ring substituents is 2. The molecule has 11 nitrogen and oxygen atoms in total. The van der Waals surface area contributed by atoms with E-state index in [1.54, 1.807) is 0 Å². The normalized spacial score (nSPS) is 10.5. The molecule has 0 spiro atoms. The van der Waals surface area contributed by atoms with E-state index >= 15 is 0 Å². The highest BCUT2D eigenvalue weighted by atomic mass is 35.5. The summed E-state index contributed by atoms with van der Waals surface area (Å²) in [5, 5.41) is 25.0.